The number of amides is 1. The van der Waals surface area contributed by atoms with Gasteiger partial charge in [0.25, 0.3) is 11.6 Å². The number of rotatable bonds is 7. The molecule has 30 heavy (non-hydrogen) atoms. The first-order valence-electron chi connectivity index (χ1n) is 9.78. The summed E-state index contributed by atoms with van der Waals surface area (Å²) in [5.74, 6) is 0.106. The molecule has 0 fully saturated rings. The molecule has 2 rings (SSSR count). The molecule has 0 aliphatic rings. The van der Waals surface area contributed by atoms with Crippen molar-refractivity contribution in [3.8, 4) is 0 Å². The third kappa shape index (κ3) is 5.56. The lowest BCUT2D eigenvalue weighted by atomic mass is 9.92. The minimum atomic E-state index is -0.511. The van der Waals surface area contributed by atoms with Gasteiger partial charge in [0.05, 0.1) is 22.8 Å². The summed E-state index contributed by atoms with van der Waals surface area (Å²) in [6, 6.07) is 6.20. The molecule has 0 atom stereocenters. The van der Waals surface area contributed by atoms with Crippen LogP contribution in [0.4, 0.5) is 17.2 Å². The van der Waals surface area contributed by atoms with Gasteiger partial charge < -0.3 is 15.4 Å². The lowest BCUT2D eigenvalue weighted by Gasteiger charge is -2.23. The summed E-state index contributed by atoms with van der Waals surface area (Å²) in [5.41, 5.74) is 0.661. The largest absolute Gasteiger partial charge is 0.383 e. The number of carbonyl (C=O) groups is 1. The van der Waals surface area contributed by atoms with Crippen molar-refractivity contribution in [3.05, 3.63) is 45.6 Å². The number of nitro groups is 1. The first-order chi connectivity index (χ1) is 13.8. The molecule has 2 aromatic rings. The first kappa shape index (κ1) is 23.3. The summed E-state index contributed by atoms with van der Waals surface area (Å²) in [7, 11) is 1.55. The number of benzene rings is 1. The highest BCUT2D eigenvalue weighted by atomic mass is 16.6. The van der Waals surface area contributed by atoms with Gasteiger partial charge in [-0.2, -0.15) is 5.10 Å². The fourth-order valence-corrected chi connectivity index (χ4v) is 2.80. The van der Waals surface area contributed by atoms with Gasteiger partial charge >= 0.3 is 0 Å². The maximum Gasteiger partial charge on any atom is 0.293 e. The van der Waals surface area contributed by atoms with E-state index in [1.165, 1.54) is 12.1 Å². The molecule has 9 heteroatoms. The molecule has 0 saturated carbocycles. The fraction of sp³-hybridized carbons (Fsp3) is 0.524. The summed E-state index contributed by atoms with van der Waals surface area (Å²) in [4.78, 5) is 23.8. The van der Waals surface area contributed by atoms with Gasteiger partial charge in [-0.25, -0.2) is 4.68 Å². The monoisotopic (exact) mass is 417 g/mol. The molecular formula is C21H31N5O4. The van der Waals surface area contributed by atoms with E-state index in [0.29, 0.717) is 24.7 Å². The fourth-order valence-electron chi connectivity index (χ4n) is 2.80. The lowest BCUT2D eigenvalue weighted by molar-refractivity contribution is -0.384. The van der Waals surface area contributed by atoms with Crippen LogP contribution in [0.3, 0.4) is 0 Å². The number of carbonyl (C=O) groups excluding carboxylic acids is 1. The van der Waals surface area contributed by atoms with E-state index in [4.69, 9.17) is 4.74 Å². The Morgan fingerprint density at radius 2 is 1.87 bits per heavy atom. The molecular weight excluding hydrogens is 386 g/mol. The molecule has 0 bridgehead atoms. The Morgan fingerprint density at radius 1 is 1.20 bits per heavy atom. The first-order valence-corrected chi connectivity index (χ1v) is 9.78. The van der Waals surface area contributed by atoms with E-state index in [-0.39, 0.29) is 22.2 Å². The molecule has 0 aliphatic heterocycles. The minimum absolute atomic E-state index is 0.168. The zero-order valence-electron chi connectivity index (χ0n) is 18.7. The summed E-state index contributed by atoms with van der Waals surface area (Å²) >= 11 is 0. The highest BCUT2D eigenvalue weighted by Crippen LogP contribution is 2.29. The maximum absolute atomic E-state index is 12.9. The van der Waals surface area contributed by atoms with Crippen LogP contribution in [0.15, 0.2) is 24.3 Å². The highest BCUT2D eigenvalue weighted by Gasteiger charge is 2.26. The predicted octanol–water partition coefficient (Wildman–Crippen LogP) is 4.15. The van der Waals surface area contributed by atoms with Crippen molar-refractivity contribution in [1.82, 2.24) is 9.78 Å². The van der Waals surface area contributed by atoms with Gasteiger partial charge in [-0.15, -0.1) is 0 Å². The highest BCUT2D eigenvalue weighted by molar-refractivity contribution is 6.04. The lowest BCUT2D eigenvalue weighted by Crippen LogP contribution is -2.27. The Morgan fingerprint density at radius 3 is 2.40 bits per heavy atom. The van der Waals surface area contributed by atoms with Gasteiger partial charge in [0.15, 0.2) is 0 Å². The quantitative estimate of drug-likeness (QED) is 0.398. The number of ether oxygens (including phenoxy) is 1. The van der Waals surface area contributed by atoms with Gasteiger partial charge in [-0.05, 0) is 32.9 Å². The van der Waals surface area contributed by atoms with Crippen LogP contribution < -0.4 is 10.6 Å². The summed E-state index contributed by atoms with van der Waals surface area (Å²) in [6.45, 7) is 13.0. The molecule has 2 N–H and O–H groups in total. The normalized spacial score (nSPS) is 12.0. The zero-order chi connectivity index (χ0) is 22.7. The van der Waals surface area contributed by atoms with Gasteiger partial charge in [-0.3, -0.25) is 14.9 Å². The molecule has 0 unspecified atom stereocenters. The van der Waals surface area contributed by atoms with E-state index in [9.17, 15) is 14.9 Å². The second-order valence-corrected chi connectivity index (χ2v) is 9.11. The number of nitro benzene ring substituents is 1. The SMILES string of the molecule is COCCNc1ccc(C(=O)Nc2cc(C(C)(C)C)nn2C(C)(C)C)cc1[N+](=O)[O-]. The smallest absolute Gasteiger partial charge is 0.293 e. The molecule has 1 amide bonds. The number of nitrogens with one attached hydrogen (secondary N) is 2. The van der Waals surface area contributed by atoms with Crippen LogP contribution in [-0.2, 0) is 15.7 Å². The van der Waals surface area contributed by atoms with E-state index in [2.05, 4.69) is 15.7 Å². The average molecular weight is 418 g/mol. The van der Waals surface area contributed by atoms with E-state index in [1.54, 1.807) is 17.9 Å². The van der Waals surface area contributed by atoms with Crippen LogP contribution in [-0.4, -0.2) is 40.9 Å². The van der Waals surface area contributed by atoms with Crippen molar-refractivity contribution in [1.29, 1.82) is 0 Å². The minimum Gasteiger partial charge on any atom is -0.383 e. The number of hydrogen-bond acceptors (Lipinski definition) is 6. The Balaban J connectivity index is 2.35. The molecule has 0 saturated heterocycles. The number of methoxy groups -OCH3 is 1. The second kappa shape index (κ2) is 8.83. The molecule has 0 aliphatic carbocycles. The van der Waals surface area contributed by atoms with Crippen LogP contribution in [0.2, 0.25) is 0 Å². The average Bonchev–Trinajstić information content (AvgIpc) is 3.06. The summed E-state index contributed by atoms with van der Waals surface area (Å²) in [6.07, 6.45) is 0. The number of hydrogen-bond donors (Lipinski definition) is 2. The predicted molar refractivity (Wildman–Crippen MR) is 117 cm³/mol. The Hall–Kier alpha value is -2.94. The Labute approximate surface area is 177 Å². The second-order valence-electron chi connectivity index (χ2n) is 9.11. The maximum atomic E-state index is 12.9. The topological polar surface area (TPSA) is 111 Å². The van der Waals surface area contributed by atoms with Crippen molar-refractivity contribution in [2.75, 3.05) is 30.9 Å². The standard InChI is InChI=1S/C21H31N5O4/c1-20(2,3)17-13-18(25(24-17)21(4,5)6)23-19(27)14-8-9-15(22-10-11-30-7)16(12-14)26(28)29/h8-9,12-13,22H,10-11H2,1-7H3,(H,23,27). The van der Waals surface area contributed by atoms with Gasteiger partial charge in [-0.1, -0.05) is 20.8 Å². The summed E-state index contributed by atoms with van der Waals surface area (Å²) in [5, 5.41) is 22.0. The Kier molecular flexibility index (Phi) is 6.87. The molecule has 0 spiro atoms. The molecule has 9 nitrogen and oxygen atoms in total. The molecule has 1 aromatic carbocycles. The zero-order valence-corrected chi connectivity index (χ0v) is 18.7. The molecule has 0 radical (unpaired) electrons. The third-order valence-corrected chi connectivity index (χ3v) is 4.43. The summed E-state index contributed by atoms with van der Waals surface area (Å²) < 4.78 is 6.72. The number of anilines is 2. The van der Waals surface area contributed by atoms with E-state index < -0.39 is 10.8 Å². The molecule has 1 aromatic heterocycles. The van der Waals surface area contributed by atoms with E-state index in [0.717, 1.165) is 5.69 Å². The van der Waals surface area contributed by atoms with Crippen LogP contribution in [0.25, 0.3) is 0 Å². The van der Waals surface area contributed by atoms with Gasteiger partial charge in [0, 0.05) is 36.8 Å². The number of aromatic nitrogens is 2. The van der Waals surface area contributed by atoms with E-state index in [1.807, 2.05) is 47.6 Å². The van der Waals surface area contributed by atoms with Crippen molar-refractivity contribution < 1.29 is 14.5 Å². The number of nitrogens with zero attached hydrogens (tertiary/aromatic N) is 3. The van der Waals surface area contributed by atoms with Gasteiger partial charge in [0.1, 0.15) is 11.5 Å². The third-order valence-electron chi connectivity index (χ3n) is 4.43. The molecule has 1 heterocycles. The Bertz CT molecular complexity index is 922. The van der Waals surface area contributed by atoms with Crippen LogP contribution in [0.1, 0.15) is 57.6 Å². The van der Waals surface area contributed by atoms with Crippen LogP contribution in [0.5, 0.6) is 0 Å². The van der Waals surface area contributed by atoms with Crippen LogP contribution >= 0.6 is 0 Å². The van der Waals surface area contributed by atoms with Crippen molar-refractivity contribution in [2.45, 2.75) is 52.5 Å². The van der Waals surface area contributed by atoms with Crippen molar-refractivity contribution >= 4 is 23.1 Å². The van der Waals surface area contributed by atoms with Crippen molar-refractivity contribution in [2.24, 2.45) is 0 Å². The van der Waals surface area contributed by atoms with E-state index >= 15 is 0 Å². The van der Waals surface area contributed by atoms with Crippen LogP contribution in [0, 0.1) is 10.1 Å². The molecule has 164 valence electrons. The van der Waals surface area contributed by atoms with Gasteiger partial charge in [0.2, 0.25) is 0 Å². The van der Waals surface area contributed by atoms with Crippen molar-refractivity contribution in [3.63, 3.8) is 0 Å².